The molecule has 0 saturated heterocycles. The van der Waals surface area contributed by atoms with Crippen LogP contribution in [-0.2, 0) is 27.0 Å². The second-order valence-electron chi connectivity index (χ2n) is 6.02. The summed E-state index contributed by atoms with van der Waals surface area (Å²) in [7, 11) is 0. The summed E-state index contributed by atoms with van der Waals surface area (Å²) in [6, 6.07) is 11.9. The molecule has 3 aromatic rings. The number of alkyl halides is 3. The predicted octanol–water partition coefficient (Wildman–Crippen LogP) is 3.76. The van der Waals surface area contributed by atoms with E-state index in [-0.39, 0.29) is 27.3 Å². The van der Waals surface area contributed by atoms with E-state index in [1.165, 1.54) is 42.5 Å². The zero-order chi connectivity index (χ0) is 21.9. The molecule has 30 heavy (non-hydrogen) atoms. The van der Waals surface area contributed by atoms with Crippen molar-refractivity contribution < 1.29 is 27.5 Å². The van der Waals surface area contributed by atoms with Crippen molar-refractivity contribution in [3.8, 4) is 6.07 Å². The molecule has 0 bridgehead atoms. The minimum atomic E-state index is -4.78. The molecule has 1 heterocycles. The Morgan fingerprint density at radius 1 is 1.23 bits per heavy atom. The Morgan fingerprint density at radius 2 is 1.97 bits per heavy atom. The lowest BCUT2D eigenvalue weighted by Gasteiger charge is -2.12. The average molecular weight is 437 g/mol. The number of benzene rings is 2. The molecule has 1 N–H and O–H groups in total. The van der Waals surface area contributed by atoms with Gasteiger partial charge in [0.2, 0.25) is 5.82 Å². The Morgan fingerprint density at radius 3 is 2.67 bits per heavy atom. The molecule has 1 aromatic heterocycles. The minimum Gasteiger partial charge on any atom is -0.454 e. The molecule has 0 radical (unpaired) electrons. The van der Waals surface area contributed by atoms with Crippen molar-refractivity contribution in [1.29, 1.82) is 5.26 Å². The van der Waals surface area contributed by atoms with Gasteiger partial charge in [0.25, 0.3) is 5.91 Å². The van der Waals surface area contributed by atoms with Gasteiger partial charge in [0.05, 0.1) is 22.3 Å². The van der Waals surface area contributed by atoms with Crippen LogP contribution in [-0.4, -0.2) is 28.0 Å². The molecule has 0 fully saturated rings. The van der Waals surface area contributed by atoms with Gasteiger partial charge in [-0.05, 0) is 30.3 Å². The normalized spacial score (nSPS) is 11.2. The molecule has 0 aliphatic heterocycles. The van der Waals surface area contributed by atoms with Crippen LogP contribution in [0.25, 0.3) is 11.0 Å². The summed E-state index contributed by atoms with van der Waals surface area (Å²) < 4.78 is 45.2. The Hall–Kier alpha value is -3.58. The Bertz CT molecular complexity index is 1170. The van der Waals surface area contributed by atoms with E-state index < -0.39 is 37.0 Å². The predicted molar refractivity (Wildman–Crippen MR) is 100 cm³/mol. The number of carbonyl (C=O) groups excluding carboxylic acids is 2. The summed E-state index contributed by atoms with van der Waals surface area (Å²) in [5.74, 6) is -3.10. The zero-order valence-corrected chi connectivity index (χ0v) is 15.8. The molecule has 0 aliphatic rings. The van der Waals surface area contributed by atoms with Crippen LogP contribution in [0, 0.1) is 11.3 Å². The molecule has 0 unspecified atom stereocenters. The number of imidazole rings is 1. The van der Waals surface area contributed by atoms with Crippen molar-refractivity contribution in [2.24, 2.45) is 0 Å². The fourth-order valence-electron chi connectivity index (χ4n) is 2.68. The zero-order valence-electron chi connectivity index (χ0n) is 15.0. The maximum atomic E-state index is 13.3. The standard InChI is InChI=1S/C19H12ClF3N4O3/c20-12-6-5-11(8-24)14(7-12)25-16(28)10-30-17(29)9-27-15-4-2-1-3-13(15)26-18(27)19(21,22)23/h1-7H,9-10H2,(H,25,28). The lowest BCUT2D eigenvalue weighted by Crippen LogP contribution is -2.25. The van der Waals surface area contributed by atoms with E-state index in [9.17, 15) is 22.8 Å². The first-order valence-corrected chi connectivity index (χ1v) is 8.74. The van der Waals surface area contributed by atoms with Crippen molar-refractivity contribution in [3.63, 3.8) is 0 Å². The van der Waals surface area contributed by atoms with Crippen molar-refractivity contribution in [2.45, 2.75) is 12.7 Å². The van der Waals surface area contributed by atoms with Crippen LogP contribution in [0.3, 0.4) is 0 Å². The largest absolute Gasteiger partial charge is 0.454 e. The van der Waals surface area contributed by atoms with Crippen LogP contribution >= 0.6 is 11.6 Å². The average Bonchev–Trinajstić information content (AvgIpc) is 3.06. The van der Waals surface area contributed by atoms with E-state index in [2.05, 4.69) is 10.3 Å². The number of esters is 1. The first-order valence-electron chi connectivity index (χ1n) is 8.36. The number of nitriles is 1. The van der Waals surface area contributed by atoms with Crippen molar-refractivity contribution in [1.82, 2.24) is 9.55 Å². The summed E-state index contributed by atoms with van der Waals surface area (Å²) in [4.78, 5) is 27.6. The number of hydrogen-bond donors (Lipinski definition) is 1. The van der Waals surface area contributed by atoms with Gasteiger partial charge in [-0.3, -0.25) is 9.59 Å². The SMILES string of the molecule is N#Cc1ccc(Cl)cc1NC(=O)COC(=O)Cn1c(C(F)(F)F)nc2ccccc21. The van der Waals surface area contributed by atoms with Gasteiger partial charge < -0.3 is 14.6 Å². The van der Waals surface area contributed by atoms with Gasteiger partial charge in [-0.25, -0.2) is 4.98 Å². The molecule has 2 aromatic carbocycles. The van der Waals surface area contributed by atoms with E-state index in [0.717, 1.165) is 0 Å². The Labute approximate surface area is 172 Å². The van der Waals surface area contributed by atoms with Gasteiger partial charge in [-0.1, -0.05) is 23.7 Å². The van der Waals surface area contributed by atoms with Crippen LogP contribution in [0.1, 0.15) is 11.4 Å². The molecule has 154 valence electrons. The highest BCUT2D eigenvalue weighted by atomic mass is 35.5. The van der Waals surface area contributed by atoms with E-state index in [1.807, 2.05) is 6.07 Å². The third-order valence-corrected chi connectivity index (χ3v) is 4.17. The van der Waals surface area contributed by atoms with Gasteiger partial charge in [0.1, 0.15) is 12.6 Å². The third-order valence-electron chi connectivity index (χ3n) is 3.94. The van der Waals surface area contributed by atoms with Crippen LogP contribution in [0.15, 0.2) is 42.5 Å². The van der Waals surface area contributed by atoms with Gasteiger partial charge in [-0.2, -0.15) is 18.4 Å². The van der Waals surface area contributed by atoms with Crippen LogP contribution in [0.5, 0.6) is 0 Å². The first-order chi connectivity index (χ1) is 14.2. The number of anilines is 1. The monoisotopic (exact) mass is 436 g/mol. The number of aromatic nitrogens is 2. The van der Waals surface area contributed by atoms with Crippen LogP contribution < -0.4 is 5.32 Å². The van der Waals surface area contributed by atoms with Gasteiger partial charge in [0, 0.05) is 5.02 Å². The number of amides is 1. The number of para-hydroxylation sites is 2. The number of rotatable bonds is 5. The maximum Gasteiger partial charge on any atom is 0.449 e. The number of ether oxygens (including phenoxy) is 1. The highest BCUT2D eigenvalue weighted by Gasteiger charge is 2.38. The molecule has 0 atom stereocenters. The third kappa shape index (κ3) is 4.69. The van der Waals surface area contributed by atoms with Crippen LogP contribution in [0.4, 0.5) is 18.9 Å². The Kier molecular flexibility index (Phi) is 5.94. The lowest BCUT2D eigenvalue weighted by molar-refractivity contribution is -0.152. The number of halogens is 4. The fourth-order valence-corrected chi connectivity index (χ4v) is 2.85. The molecular formula is C19H12ClF3N4O3. The molecule has 3 rings (SSSR count). The van der Waals surface area contributed by atoms with Gasteiger partial charge in [-0.15, -0.1) is 0 Å². The van der Waals surface area contributed by atoms with Crippen molar-refractivity contribution in [2.75, 3.05) is 11.9 Å². The number of carbonyl (C=O) groups is 2. The smallest absolute Gasteiger partial charge is 0.449 e. The molecule has 1 amide bonds. The van der Waals surface area contributed by atoms with Crippen molar-refractivity contribution >= 4 is 40.2 Å². The summed E-state index contributed by atoms with van der Waals surface area (Å²) in [6.07, 6.45) is -4.78. The molecule has 0 spiro atoms. The number of hydrogen-bond acceptors (Lipinski definition) is 5. The number of nitrogens with zero attached hydrogens (tertiary/aromatic N) is 3. The minimum absolute atomic E-state index is 0.0698. The number of fused-ring (bicyclic) bond motifs is 1. The first kappa shape index (κ1) is 21.1. The summed E-state index contributed by atoms with van der Waals surface area (Å²) in [5.41, 5.74) is 0.425. The summed E-state index contributed by atoms with van der Waals surface area (Å²) >= 11 is 5.82. The van der Waals surface area contributed by atoms with E-state index in [4.69, 9.17) is 21.6 Å². The van der Waals surface area contributed by atoms with Crippen molar-refractivity contribution in [3.05, 3.63) is 58.9 Å². The van der Waals surface area contributed by atoms with Gasteiger partial charge >= 0.3 is 12.1 Å². The highest BCUT2D eigenvalue weighted by molar-refractivity contribution is 6.31. The molecule has 0 aliphatic carbocycles. The molecular weight excluding hydrogens is 425 g/mol. The van der Waals surface area contributed by atoms with E-state index in [0.29, 0.717) is 4.57 Å². The molecule has 7 nitrogen and oxygen atoms in total. The number of nitrogens with one attached hydrogen (secondary N) is 1. The molecule has 0 saturated carbocycles. The maximum absolute atomic E-state index is 13.3. The summed E-state index contributed by atoms with van der Waals surface area (Å²) in [6.45, 7) is -1.55. The van der Waals surface area contributed by atoms with Gasteiger partial charge in [0.15, 0.2) is 6.61 Å². The summed E-state index contributed by atoms with van der Waals surface area (Å²) in [5, 5.41) is 11.7. The fraction of sp³-hybridized carbons (Fsp3) is 0.158. The molecule has 11 heteroatoms. The second kappa shape index (κ2) is 8.42. The topological polar surface area (TPSA) is 97.0 Å². The van der Waals surface area contributed by atoms with Crippen LogP contribution in [0.2, 0.25) is 5.02 Å². The quantitative estimate of drug-likeness (QED) is 0.614. The van der Waals surface area contributed by atoms with E-state index >= 15 is 0 Å². The second-order valence-corrected chi connectivity index (χ2v) is 6.46. The van der Waals surface area contributed by atoms with E-state index in [1.54, 1.807) is 0 Å². The lowest BCUT2D eigenvalue weighted by atomic mass is 10.2. The highest BCUT2D eigenvalue weighted by Crippen LogP contribution is 2.31. The Balaban J connectivity index is 1.69.